The second kappa shape index (κ2) is 39.9. The van der Waals surface area contributed by atoms with Crippen molar-refractivity contribution in [1.29, 1.82) is 0 Å². The highest BCUT2D eigenvalue weighted by molar-refractivity contribution is 7.47. The van der Waals surface area contributed by atoms with Crippen LogP contribution < -0.4 is 0 Å². The van der Waals surface area contributed by atoms with E-state index in [1.807, 2.05) is 0 Å². The van der Waals surface area contributed by atoms with Crippen molar-refractivity contribution in [2.75, 3.05) is 13.2 Å². The molecule has 1 saturated carbocycles. The molecule has 0 amide bonds. The molecule has 372 valence electrons. The summed E-state index contributed by atoms with van der Waals surface area (Å²) in [6, 6.07) is 0. The minimum absolute atomic E-state index is 0.0898. The highest BCUT2D eigenvalue weighted by Crippen LogP contribution is 2.47. The Hall–Kier alpha value is -2.19. The van der Waals surface area contributed by atoms with Gasteiger partial charge < -0.3 is 39.9 Å². The van der Waals surface area contributed by atoms with Crippen LogP contribution in [0.1, 0.15) is 200 Å². The van der Waals surface area contributed by atoms with Gasteiger partial charge >= 0.3 is 19.8 Å². The quantitative estimate of drug-likeness (QED) is 0.0146. The molecule has 0 radical (unpaired) electrons. The second-order valence-corrected chi connectivity index (χ2v) is 18.7. The van der Waals surface area contributed by atoms with Crippen molar-refractivity contribution in [3.63, 3.8) is 0 Å². The number of esters is 2. The third kappa shape index (κ3) is 31.7. The van der Waals surface area contributed by atoms with Gasteiger partial charge in [0.1, 0.15) is 43.2 Å². The maximum atomic E-state index is 12.8. The molecule has 8 atom stereocenters. The van der Waals surface area contributed by atoms with Crippen LogP contribution in [0.4, 0.5) is 0 Å². The number of carbonyl (C=O) groups is 2. The molecule has 13 nitrogen and oxygen atoms in total. The first-order valence-electron chi connectivity index (χ1n) is 24.9. The van der Waals surface area contributed by atoms with Crippen molar-refractivity contribution in [3.8, 4) is 0 Å². The van der Waals surface area contributed by atoms with Crippen LogP contribution in [0.3, 0.4) is 0 Å². The molecule has 0 aromatic heterocycles. The first kappa shape index (κ1) is 59.8. The number of aliphatic hydroxyl groups excluding tert-OH is 5. The number of rotatable bonds is 41. The molecule has 14 heteroatoms. The summed E-state index contributed by atoms with van der Waals surface area (Å²) in [6.45, 7) is 3.17. The predicted octanol–water partition coefficient (Wildman–Crippen LogP) is 10.3. The Morgan fingerprint density at radius 2 is 0.891 bits per heavy atom. The molecule has 0 bridgehead atoms. The second-order valence-electron chi connectivity index (χ2n) is 17.3. The van der Waals surface area contributed by atoms with Crippen molar-refractivity contribution in [2.24, 2.45) is 0 Å². The van der Waals surface area contributed by atoms with Crippen molar-refractivity contribution < 1.29 is 63.1 Å². The molecule has 6 N–H and O–H groups in total. The standard InChI is InChI=1S/C50H89O13P/c1-3-5-7-9-11-13-15-17-19-20-21-22-23-25-27-29-31-33-35-37-39-44(52)62-42(41-61-64(58,59)63-50-48(56)46(54)45(53)47(55)49(50)57)40-60-43(51)38-36-34-32-30-28-26-24-18-16-14-12-10-8-6-4-2/h6,8,12,14,18,24,28,30,42,45-50,53-57H,3-5,7,9-11,13,15-17,19-23,25-27,29,31-41H2,1-2H3,(H,58,59)/b8-6+,14-12+,24-18+,30-28+/t42-,45?,46-,47?,48?,49?,50?/m1/s1. The maximum Gasteiger partial charge on any atom is 0.472 e. The van der Waals surface area contributed by atoms with Crippen LogP contribution in [0.5, 0.6) is 0 Å². The van der Waals surface area contributed by atoms with Gasteiger partial charge in [0, 0.05) is 12.8 Å². The Bertz CT molecular complexity index is 1300. The molecule has 1 rings (SSSR count). The monoisotopic (exact) mass is 929 g/mol. The van der Waals surface area contributed by atoms with Gasteiger partial charge in [0.05, 0.1) is 6.61 Å². The summed E-state index contributed by atoms with van der Waals surface area (Å²) in [7, 11) is -5.13. The van der Waals surface area contributed by atoms with E-state index in [0.717, 1.165) is 64.2 Å². The Balaban J connectivity index is 2.42. The number of unbranched alkanes of at least 4 members (excludes halogenated alkanes) is 21. The van der Waals surface area contributed by atoms with Crippen LogP contribution >= 0.6 is 7.82 Å². The molecule has 0 heterocycles. The molecule has 0 aromatic carbocycles. The van der Waals surface area contributed by atoms with E-state index in [9.17, 15) is 44.6 Å². The van der Waals surface area contributed by atoms with Crippen LogP contribution in [-0.4, -0.2) is 98.3 Å². The summed E-state index contributed by atoms with van der Waals surface area (Å²) in [5.41, 5.74) is 0. The maximum absolute atomic E-state index is 12.8. The van der Waals surface area contributed by atoms with E-state index in [0.29, 0.717) is 12.8 Å². The minimum Gasteiger partial charge on any atom is -0.462 e. The van der Waals surface area contributed by atoms with Gasteiger partial charge in [-0.05, 0) is 51.4 Å². The number of hydrogen-bond donors (Lipinski definition) is 6. The number of allylic oxidation sites excluding steroid dienone is 8. The van der Waals surface area contributed by atoms with Gasteiger partial charge in [0.2, 0.25) is 0 Å². The Morgan fingerprint density at radius 1 is 0.500 bits per heavy atom. The third-order valence-corrected chi connectivity index (χ3v) is 12.4. The molecule has 64 heavy (non-hydrogen) atoms. The van der Waals surface area contributed by atoms with E-state index in [1.165, 1.54) is 96.3 Å². The van der Waals surface area contributed by atoms with Crippen LogP contribution in [0.15, 0.2) is 48.6 Å². The zero-order valence-electron chi connectivity index (χ0n) is 39.6. The molecule has 0 spiro atoms. The van der Waals surface area contributed by atoms with E-state index in [2.05, 4.69) is 62.5 Å². The van der Waals surface area contributed by atoms with E-state index >= 15 is 0 Å². The average molecular weight is 929 g/mol. The normalized spacial score (nSPS) is 21.9. The lowest BCUT2D eigenvalue weighted by Crippen LogP contribution is -2.64. The zero-order valence-corrected chi connectivity index (χ0v) is 40.5. The highest BCUT2D eigenvalue weighted by atomic mass is 31.2. The van der Waals surface area contributed by atoms with E-state index in [1.54, 1.807) is 0 Å². The van der Waals surface area contributed by atoms with Gasteiger partial charge in [-0.1, -0.05) is 184 Å². The highest BCUT2D eigenvalue weighted by Gasteiger charge is 2.51. The Morgan fingerprint density at radius 3 is 1.36 bits per heavy atom. The van der Waals surface area contributed by atoms with Crippen molar-refractivity contribution in [3.05, 3.63) is 48.6 Å². The number of hydrogen-bond acceptors (Lipinski definition) is 12. The lowest BCUT2D eigenvalue weighted by atomic mass is 9.85. The van der Waals surface area contributed by atoms with Crippen molar-refractivity contribution in [2.45, 2.75) is 243 Å². The van der Waals surface area contributed by atoms with Crippen LogP contribution in [0.2, 0.25) is 0 Å². The number of ether oxygens (including phenoxy) is 2. The third-order valence-electron chi connectivity index (χ3n) is 11.4. The smallest absolute Gasteiger partial charge is 0.462 e. The fraction of sp³-hybridized carbons (Fsp3) is 0.800. The Kier molecular flexibility index (Phi) is 37.3. The number of phosphoric ester groups is 1. The van der Waals surface area contributed by atoms with E-state index in [4.69, 9.17) is 18.5 Å². The van der Waals surface area contributed by atoms with E-state index < -0.39 is 75.7 Å². The van der Waals surface area contributed by atoms with Gasteiger partial charge in [-0.3, -0.25) is 18.6 Å². The summed E-state index contributed by atoms with van der Waals surface area (Å²) in [4.78, 5) is 35.8. The average Bonchev–Trinajstić information content (AvgIpc) is 3.28. The van der Waals surface area contributed by atoms with Crippen LogP contribution in [0, 0.1) is 0 Å². The van der Waals surface area contributed by atoms with Gasteiger partial charge in [-0.2, -0.15) is 0 Å². The van der Waals surface area contributed by atoms with Crippen molar-refractivity contribution >= 4 is 19.8 Å². The van der Waals surface area contributed by atoms with Crippen LogP contribution in [-0.2, 0) is 32.7 Å². The number of aliphatic hydroxyl groups is 5. The lowest BCUT2D eigenvalue weighted by Gasteiger charge is -2.41. The summed E-state index contributed by atoms with van der Waals surface area (Å²) in [5.74, 6) is -1.14. The molecule has 0 saturated heterocycles. The topological polar surface area (TPSA) is 210 Å². The molecule has 1 aliphatic carbocycles. The molecular formula is C50H89O13P. The number of phosphoric acid groups is 1. The van der Waals surface area contributed by atoms with Gasteiger partial charge in [0.25, 0.3) is 0 Å². The summed E-state index contributed by atoms with van der Waals surface area (Å²) in [6.07, 6.45) is 34.5. The summed E-state index contributed by atoms with van der Waals surface area (Å²) in [5, 5.41) is 50.2. The molecule has 0 aromatic rings. The molecule has 6 unspecified atom stereocenters. The fourth-order valence-electron chi connectivity index (χ4n) is 7.46. The SMILES string of the molecule is CC/C=C/C/C=C/C/C=C/C/C=C/CCCCC(=O)OC[C@H](COP(=O)(O)OC1C(O)C(O)C(O)[C@@H](O)C1O)OC(=O)CCCCCCCCCCCCCCCCCCCCCC. The molecule has 1 fully saturated rings. The predicted molar refractivity (Wildman–Crippen MR) is 253 cm³/mol. The number of carbonyl (C=O) groups excluding carboxylic acids is 2. The lowest BCUT2D eigenvalue weighted by molar-refractivity contribution is -0.220. The minimum atomic E-state index is -5.13. The van der Waals surface area contributed by atoms with Gasteiger partial charge in [-0.25, -0.2) is 4.57 Å². The fourth-order valence-corrected chi connectivity index (χ4v) is 8.43. The molecular weight excluding hydrogens is 840 g/mol. The summed E-state index contributed by atoms with van der Waals surface area (Å²) < 4.78 is 33.6. The van der Waals surface area contributed by atoms with Gasteiger partial charge in [-0.15, -0.1) is 0 Å². The van der Waals surface area contributed by atoms with Crippen molar-refractivity contribution in [1.82, 2.24) is 0 Å². The zero-order chi connectivity index (χ0) is 47.1. The Labute approximate surface area is 386 Å². The molecule has 0 aliphatic heterocycles. The van der Waals surface area contributed by atoms with Gasteiger partial charge in [0.15, 0.2) is 6.10 Å². The largest absolute Gasteiger partial charge is 0.472 e. The first-order chi connectivity index (χ1) is 30.9. The molecule has 1 aliphatic rings. The van der Waals surface area contributed by atoms with E-state index in [-0.39, 0.29) is 12.8 Å². The summed E-state index contributed by atoms with van der Waals surface area (Å²) >= 11 is 0. The first-order valence-corrected chi connectivity index (χ1v) is 26.4. The van der Waals surface area contributed by atoms with Crippen LogP contribution in [0.25, 0.3) is 0 Å².